The zero-order chi connectivity index (χ0) is 28.6. The summed E-state index contributed by atoms with van der Waals surface area (Å²) in [7, 11) is 0. The molecule has 1 aliphatic rings. The normalized spacial score (nSPS) is 14.5. The minimum Gasteiger partial charge on any atom is -0.354 e. The van der Waals surface area contributed by atoms with Crippen molar-refractivity contribution in [3.63, 3.8) is 0 Å². The highest BCUT2D eigenvalue weighted by molar-refractivity contribution is 6.00. The van der Waals surface area contributed by atoms with Crippen LogP contribution < -0.4 is 4.90 Å². The summed E-state index contributed by atoms with van der Waals surface area (Å²) in [6.07, 6.45) is -2.23. The first-order valence-corrected chi connectivity index (χ1v) is 13.7. The molecule has 1 fully saturated rings. The van der Waals surface area contributed by atoms with Gasteiger partial charge in [-0.2, -0.15) is 18.2 Å². The van der Waals surface area contributed by atoms with Gasteiger partial charge in [0.15, 0.2) is 0 Å². The predicted octanol–water partition coefficient (Wildman–Crippen LogP) is 6.76. The lowest BCUT2D eigenvalue weighted by Crippen LogP contribution is -2.35. The Balaban J connectivity index is 1.31. The highest BCUT2D eigenvalue weighted by Crippen LogP contribution is 2.36. The average molecular weight is 560 g/mol. The van der Waals surface area contributed by atoms with E-state index in [4.69, 9.17) is 9.51 Å². The van der Waals surface area contributed by atoms with Crippen LogP contribution in [-0.4, -0.2) is 52.1 Å². The Labute approximate surface area is 234 Å². The molecule has 210 valence electrons. The molecule has 3 heterocycles. The maximum Gasteiger partial charge on any atom is 0.416 e. The summed E-state index contributed by atoms with van der Waals surface area (Å²) in [5.74, 6) is 1.09. The van der Waals surface area contributed by atoms with Crippen LogP contribution in [0.4, 0.5) is 19.0 Å². The maximum atomic E-state index is 13.2. The number of alkyl halides is 3. The van der Waals surface area contributed by atoms with Gasteiger partial charge in [0.25, 0.3) is 11.6 Å². The van der Waals surface area contributed by atoms with Gasteiger partial charge in [0, 0.05) is 43.7 Å². The molecule has 0 unspecified atom stereocenters. The van der Waals surface area contributed by atoms with Gasteiger partial charge in [-0.05, 0) is 53.9 Å². The summed E-state index contributed by atoms with van der Waals surface area (Å²) in [4.78, 5) is 26.6. The van der Waals surface area contributed by atoms with Crippen molar-refractivity contribution in [2.24, 2.45) is 0 Å². The Hall–Kier alpha value is -4.47. The fourth-order valence-electron chi connectivity index (χ4n) is 5.29. The first kappa shape index (κ1) is 26.7. The third-order valence-corrected chi connectivity index (χ3v) is 7.40. The van der Waals surface area contributed by atoms with Crippen LogP contribution in [0.5, 0.6) is 0 Å². The van der Waals surface area contributed by atoms with E-state index in [9.17, 15) is 18.0 Å². The second-order valence-corrected chi connectivity index (χ2v) is 10.2. The fourth-order valence-corrected chi connectivity index (χ4v) is 5.29. The molecule has 1 aliphatic heterocycles. The van der Waals surface area contributed by atoms with Gasteiger partial charge in [0.1, 0.15) is 22.7 Å². The van der Waals surface area contributed by atoms with Crippen molar-refractivity contribution < 1.29 is 22.5 Å². The predicted molar refractivity (Wildman–Crippen MR) is 151 cm³/mol. The number of hydrogen-bond acceptors (Lipinski definition) is 6. The second-order valence-electron chi connectivity index (χ2n) is 10.2. The SMILES string of the molecule is CCCc1nc(N2CCCN(C(=O)c3ccc(C(F)(F)F)cc3)CC2)c2c(-c3ccc4ccccc4c3)noc2n1. The lowest BCUT2D eigenvalue weighted by Gasteiger charge is -2.24. The molecule has 7 nitrogen and oxygen atoms in total. The first-order valence-electron chi connectivity index (χ1n) is 13.7. The molecule has 6 rings (SSSR count). The van der Waals surface area contributed by atoms with E-state index in [1.54, 1.807) is 4.90 Å². The number of halogens is 3. The highest BCUT2D eigenvalue weighted by Gasteiger charge is 2.31. The third-order valence-electron chi connectivity index (χ3n) is 7.40. The molecular weight excluding hydrogens is 531 g/mol. The molecule has 0 bridgehead atoms. The van der Waals surface area contributed by atoms with E-state index in [1.807, 2.05) is 24.3 Å². The van der Waals surface area contributed by atoms with Crippen molar-refractivity contribution in [1.29, 1.82) is 0 Å². The van der Waals surface area contributed by atoms with E-state index in [0.717, 1.165) is 40.3 Å². The van der Waals surface area contributed by atoms with Crippen LogP contribution in [0, 0.1) is 0 Å². The molecule has 2 aromatic heterocycles. The lowest BCUT2D eigenvalue weighted by atomic mass is 10.0. The molecule has 41 heavy (non-hydrogen) atoms. The Morgan fingerprint density at radius 2 is 1.71 bits per heavy atom. The van der Waals surface area contributed by atoms with Crippen LogP contribution >= 0.6 is 0 Å². The number of amides is 1. The second kappa shape index (κ2) is 10.8. The van der Waals surface area contributed by atoms with Gasteiger partial charge in [0.05, 0.1) is 5.56 Å². The number of carbonyl (C=O) groups is 1. The van der Waals surface area contributed by atoms with Crippen LogP contribution in [0.15, 0.2) is 71.3 Å². The number of fused-ring (bicyclic) bond motifs is 2. The quantitative estimate of drug-likeness (QED) is 0.237. The Morgan fingerprint density at radius 1 is 0.927 bits per heavy atom. The van der Waals surface area contributed by atoms with E-state index < -0.39 is 11.7 Å². The zero-order valence-electron chi connectivity index (χ0n) is 22.5. The summed E-state index contributed by atoms with van der Waals surface area (Å²) in [6.45, 7) is 4.06. The minimum atomic E-state index is -4.45. The molecule has 0 N–H and O–H groups in total. The first-order chi connectivity index (χ1) is 19.8. The largest absolute Gasteiger partial charge is 0.416 e. The number of rotatable bonds is 5. The van der Waals surface area contributed by atoms with E-state index in [0.29, 0.717) is 62.1 Å². The van der Waals surface area contributed by atoms with Crippen LogP contribution in [0.2, 0.25) is 0 Å². The van der Waals surface area contributed by atoms with Crippen LogP contribution in [0.1, 0.15) is 41.5 Å². The molecule has 0 saturated carbocycles. The topological polar surface area (TPSA) is 75.4 Å². The molecule has 0 spiro atoms. The van der Waals surface area contributed by atoms with Crippen LogP contribution in [-0.2, 0) is 12.6 Å². The van der Waals surface area contributed by atoms with E-state index in [-0.39, 0.29) is 11.5 Å². The Kier molecular flexibility index (Phi) is 7.07. The number of nitrogens with zero attached hydrogens (tertiary/aromatic N) is 5. The van der Waals surface area contributed by atoms with Crippen molar-refractivity contribution in [3.05, 3.63) is 83.7 Å². The van der Waals surface area contributed by atoms with Gasteiger partial charge < -0.3 is 14.3 Å². The average Bonchev–Trinajstić information content (AvgIpc) is 3.25. The summed E-state index contributed by atoms with van der Waals surface area (Å²) in [6, 6.07) is 18.6. The third kappa shape index (κ3) is 5.33. The molecule has 0 atom stereocenters. The summed E-state index contributed by atoms with van der Waals surface area (Å²) in [5, 5.41) is 7.34. The number of anilines is 1. The molecule has 10 heteroatoms. The molecule has 5 aromatic rings. The summed E-state index contributed by atoms with van der Waals surface area (Å²) in [5.41, 5.74) is 1.43. The monoisotopic (exact) mass is 559 g/mol. The van der Waals surface area contributed by atoms with Gasteiger partial charge in [-0.3, -0.25) is 4.79 Å². The summed E-state index contributed by atoms with van der Waals surface area (Å²) >= 11 is 0. The van der Waals surface area contributed by atoms with Gasteiger partial charge in [-0.1, -0.05) is 48.5 Å². The zero-order valence-corrected chi connectivity index (χ0v) is 22.5. The van der Waals surface area contributed by atoms with Gasteiger partial charge in [0.2, 0.25) is 0 Å². The smallest absolute Gasteiger partial charge is 0.354 e. The van der Waals surface area contributed by atoms with Crippen molar-refractivity contribution in [2.75, 3.05) is 31.1 Å². The number of hydrogen-bond donors (Lipinski definition) is 0. The van der Waals surface area contributed by atoms with E-state index >= 15 is 0 Å². The van der Waals surface area contributed by atoms with Gasteiger partial charge in [-0.15, -0.1) is 0 Å². The van der Waals surface area contributed by atoms with Gasteiger partial charge in [-0.25, -0.2) is 4.98 Å². The van der Waals surface area contributed by atoms with Crippen molar-refractivity contribution in [1.82, 2.24) is 20.0 Å². The Morgan fingerprint density at radius 3 is 2.46 bits per heavy atom. The minimum absolute atomic E-state index is 0.235. The molecular formula is C31H28F3N5O2. The molecule has 1 amide bonds. The molecule has 1 saturated heterocycles. The highest BCUT2D eigenvalue weighted by atomic mass is 19.4. The van der Waals surface area contributed by atoms with E-state index in [1.165, 1.54) is 12.1 Å². The van der Waals surface area contributed by atoms with Gasteiger partial charge >= 0.3 is 6.18 Å². The van der Waals surface area contributed by atoms with Crippen LogP contribution in [0.3, 0.4) is 0 Å². The Bertz CT molecular complexity index is 1720. The van der Waals surface area contributed by atoms with E-state index in [2.05, 4.69) is 40.2 Å². The van der Waals surface area contributed by atoms with Crippen molar-refractivity contribution in [2.45, 2.75) is 32.4 Å². The summed E-state index contributed by atoms with van der Waals surface area (Å²) < 4.78 is 44.7. The number of benzene rings is 3. The number of aryl methyl sites for hydroxylation is 1. The van der Waals surface area contributed by atoms with Crippen LogP contribution in [0.25, 0.3) is 33.1 Å². The van der Waals surface area contributed by atoms with Crippen molar-refractivity contribution in [3.8, 4) is 11.3 Å². The van der Waals surface area contributed by atoms with Crippen molar-refractivity contribution >= 4 is 33.6 Å². The molecule has 0 radical (unpaired) electrons. The maximum absolute atomic E-state index is 13.2. The molecule has 3 aromatic carbocycles. The standard InChI is InChI=1S/C31H28F3N5O2/c1-2-6-25-35-28(26-27(37-41-29(26)36-25)23-10-9-20-7-3-4-8-22(20)19-23)38-15-5-16-39(18-17-38)30(40)21-11-13-24(14-12-21)31(32,33)34/h3-4,7-14,19H,2,5-6,15-18H2,1H3. The number of aromatic nitrogens is 3. The fraction of sp³-hybridized carbons (Fsp3) is 0.290. The number of carbonyl (C=O) groups excluding carboxylic acids is 1. The molecule has 0 aliphatic carbocycles. The lowest BCUT2D eigenvalue weighted by molar-refractivity contribution is -0.137.